The number of rotatable bonds is 7. The van der Waals surface area contributed by atoms with Crippen molar-refractivity contribution in [2.24, 2.45) is 0 Å². The third-order valence-electron chi connectivity index (χ3n) is 2.67. The van der Waals surface area contributed by atoms with E-state index in [0.717, 1.165) is 16.4 Å². The highest BCUT2D eigenvalue weighted by molar-refractivity contribution is 7.89. The average Bonchev–Trinajstić information content (AvgIpc) is 2.38. The van der Waals surface area contributed by atoms with Gasteiger partial charge in [-0.15, -0.1) is 0 Å². The third kappa shape index (κ3) is 3.95. The molecule has 0 amide bonds. The Balaban J connectivity index is 3.16. The van der Waals surface area contributed by atoms with Gasteiger partial charge in [0, 0.05) is 19.2 Å². The van der Waals surface area contributed by atoms with E-state index in [1.54, 1.807) is 0 Å². The summed E-state index contributed by atoms with van der Waals surface area (Å²) < 4.78 is 39.0. The SMILES string of the molecule is CCN(CCC(=O)O)S(=O)(=O)c1ccc([N+](=O)[O-])cc1F. The van der Waals surface area contributed by atoms with Crippen molar-refractivity contribution in [3.8, 4) is 0 Å². The number of carbonyl (C=O) groups is 1. The zero-order valence-corrected chi connectivity index (χ0v) is 11.8. The highest BCUT2D eigenvalue weighted by atomic mass is 32.2. The van der Waals surface area contributed by atoms with E-state index >= 15 is 0 Å². The summed E-state index contributed by atoms with van der Waals surface area (Å²) in [6, 6.07) is 2.19. The lowest BCUT2D eigenvalue weighted by molar-refractivity contribution is -0.385. The van der Waals surface area contributed by atoms with Crippen molar-refractivity contribution >= 4 is 21.7 Å². The van der Waals surface area contributed by atoms with E-state index in [9.17, 15) is 27.7 Å². The molecule has 0 aliphatic carbocycles. The second kappa shape index (κ2) is 6.59. The van der Waals surface area contributed by atoms with Crippen molar-refractivity contribution in [1.29, 1.82) is 0 Å². The first kappa shape index (κ1) is 17.0. The number of non-ortho nitro benzene ring substituents is 1. The lowest BCUT2D eigenvalue weighted by Crippen LogP contribution is -2.33. The number of halogens is 1. The molecule has 10 heteroatoms. The van der Waals surface area contributed by atoms with Crippen LogP contribution in [0.15, 0.2) is 23.1 Å². The molecule has 0 aromatic heterocycles. The summed E-state index contributed by atoms with van der Waals surface area (Å²) in [6.45, 7) is 1.11. The van der Waals surface area contributed by atoms with Gasteiger partial charge in [0.15, 0.2) is 0 Å². The third-order valence-corrected chi connectivity index (χ3v) is 4.68. The minimum absolute atomic E-state index is 0.0496. The molecule has 0 aliphatic heterocycles. The summed E-state index contributed by atoms with van der Waals surface area (Å²) in [5.41, 5.74) is -0.569. The molecular formula is C11H13FN2O6S. The Hall–Kier alpha value is -2.07. The zero-order valence-electron chi connectivity index (χ0n) is 11.0. The number of nitro benzene ring substituents is 1. The van der Waals surface area contributed by atoms with Crippen LogP contribution in [-0.4, -0.2) is 41.8 Å². The number of sulfonamides is 1. The van der Waals surface area contributed by atoms with Crippen LogP contribution < -0.4 is 0 Å². The van der Waals surface area contributed by atoms with E-state index in [2.05, 4.69) is 0 Å². The van der Waals surface area contributed by atoms with Crippen molar-refractivity contribution in [3.05, 3.63) is 34.1 Å². The summed E-state index contributed by atoms with van der Waals surface area (Å²) in [6.07, 6.45) is -0.429. The number of benzene rings is 1. The lowest BCUT2D eigenvalue weighted by Gasteiger charge is -2.19. The van der Waals surface area contributed by atoms with Gasteiger partial charge in [0.05, 0.1) is 17.4 Å². The number of hydrogen-bond acceptors (Lipinski definition) is 5. The van der Waals surface area contributed by atoms with Crippen LogP contribution in [0.1, 0.15) is 13.3 Å². The van der Waals surface area contributed by atoms with Gasteiger partial charge < -0.3 is 5.11 Å². The molecule has 1 rings (SSSR count). The van der Waals surface area contributed by atoms with Crippen LogP contribution in [0.5, 0.6) is 0 Å². The van der Waals surface area contributed by atoms with Crippen molar-refractivity contribution in [2.45, 2.75) is 18.2 Å². The topological polar surface area (TPSA) is 118 Å². The molecule has 0 saturated carbocycles. The molecule has 0 spiro atoms. The van der Waals surface area contributed by atoms with Crippen LogP contribution >= 0.6 is 0 Å². The summed E-state index contributed by atoms with van der Waals surface area (Å²) in [5.74, 6) is -2.44. The molecule has 21 heavy (non-hydrogen) atoms. The maximum atomic E-state index is 13.8. The van der Waals surface area contributed by atoms with Gasteiger partial charge in [-0.3, -0.25) is 14.9 Å². The number of hydrogen-bond donors (Lipinski definition) is 1. The Morgan fingerprint density at radius 2 is 2.10 bits per heavy atom. The lowest BCUT2D eigenvalue weighted by atomic mass is 10.3. The maximum absolute atomic E-state index is 13.8. The molecule has 0 atom stereocenters. The predicted molar refractivity (Wildman–Crippen MR) is 69.7 cm³/mol. The Morgan fingerprint density at radius 1 is 1.48 bits per heavy atom. The fourth-order valence-electron chi connectivity index (χ4n) is 1.62. The second-order valence-electron chi connectivity index (χ2n) is 4.01. The fourth-order valence-corrected chi connectivity index (χ4v) is 3.12. The molecule has 1 aromatic carbocycles. The molecule has 0 unspecified atom stereocenters. The van der Waals surface area contributed by atoms with Gasteiger partial charge in [-0.25, -0.2) is 12.8 Å². The Bertz CT molecular complexity index is 661. The molecule has 0 saturated heterocycles. The summed E-state index contributed by atoms with van der Waals surface area (Å²) in [7, 11) is -4.25. The summed E-state index contributed by atoms with van der Waals surface area (Å²) in [4.78, 5) is 19.4. The smallest absolute Gasteiger partial charge is 0.304 e. The standard InChI is InChI=1S/C11H13FN2O6S/c1-2-13(6-5-11(15)16)21(19,20)10-4-3-8(14(17)18)7-9(10)12/h3-4,7H,2,5-6H2,1H3,(H,15,16). The van der Waals surface area contributed by atoms with Crippen molar-refractivity contribution in [1.82, 2.24) is 4.31 Å². The summed E-state index contributed by atoms with van der Waals surface area (Å²) in [5, 5.41) is 19.1. The van der Waals surface area contributed by atoms with Crippen LogP contribution in [0, 0.1) is 15.9 Å². The van der Waals surface area contributed by atoms with E-state index in [-0.39, 0.29) is 13.1 Å². The maximum Gasteiger partial charge on any atom is 0.304 e. The van der Waals surface area contributed by atoms with E-state index in [1.165, 1.54) is 6.92 Å². The minimum atomic E-state index is -4.25. The molecular weight excluding hydrogens is 307 g/mol. The quantitative estimate of drug-likeness (QED) is 0.596. The number of nitro groups is 1. The van der Waals surface area contributed by atoms with Gasteiger partial charge in [-0.05, 0) is 6.07 Å². The normalized spacial score (nSPS) is 11.6. The first-order valence-electron chi connectivity index (χ1n) is 5.86. The van der Waals surface area contributed by atoms with Crippen LogP contribution in [0.3, 0.4) is 0 Å². The van der Waals surface area contributed by atoms with Crippen molar-refractivity contribution in [2.75, 3.05) is 13.1 Å². The largest absolute Gasteiger partial charge is 0.481 e. The molecule has 0 heterocycles. The molecule has 1 aromatic rings. The van der Waals surface area contributed by atoms with Crippen molar-refractivity contribution in [3.63, 3.8) is 0 Å². The molecule has 0 bridgehead atoms. The number of aliphatic carboxylic acids is 1. The van der Waals surface area contributed by atoms with E-state index in [0.29, 0.717) is 6.07 Å². The summed E-state index contributed by atoms with van der Waals surface area (Å²) >= 11 is 0. The van der Waals surface area contributed by atoms with Crippen LogP contribution in [-0.2, 0) is 14.8 Å². The van der Waals surface area contributed by atoms with E-state index in [4.69, 9.17) is 5.11 Å². The first-order valence-corrected chi connectivity index (χ1v) is 7.30. The number of carboxylic acids is 1. The minimum Gasteiger partial charge on any atom is -0.481 e. The highest BCUT2D eigenvalue weighted by Crippen LogP contribution is 2.23. The monoisotopic (exact) mass is 320 g/mol. The molecule has 0 radical (unpaired) electrons. The van der Waals surface area contributed by atoms with Crippen LogP contribution in [0.2, 0.25) is 0 Å². The van der Waals surface area contributed by atoms with Gasteiger partial charge in [0.2, 0.25) is 10.0 Å². The Morgan fingerprint density at radius 3 is 2.52 bits per heavy atom. The Kier molecular flexibility index (Phi) is 5.33. The van der Waals surface area contributed by atoms with Gasteiger partial charge >= 0.3 is 5.97 Å². The van der Waals surface area contributed by atoms with E-state index in [1.807, 2.05) is 0 Å². The second-order valence-corrected chi connectivity index (χ2v) is 5.92. The molecule has 116 valence electrons. The number of carboxylic acid groups (broad SMARTS) is 1. The van der Waals surface area contributed by atoms with Crippen LogP contribution in [0.25, 0.3) is 0 Å². The first-order chi connectivity index (χ1) is 9.70. The Labute approximate surface area is 120 Å². The molecule has 1 N–H and O–H groups in total. The van der Waals surface area contributed by atoms with Crippen LogP contribution in [0.4, 0.5) is 10.1 Å². The highest BCUT2D eigenvalue weighted by Gasteiger charge is 2.27. The molecule has 0 aliphatic rings. The number of nitrogens with zero attached hydrogens (tertiary/aromatic N) is 2. The van der Waals surface area contributed by atoms with Gasteiger partial charge in [0.1, 0.15) is 10.7 Å². The van der Waals surface area contributed by atoms with E-state index < -0.39 is 43.7 Å². The van der Waals surface area contributed by atoms with Gasteiger partial charge in [-0.1, -0.05) is 6.92 Å². The van der Waals surface area contributed by atoms with Gasteiger partial charge in [0.25, 0.3) is 5.69 Å². The van der Waals surface area contributed by atoms with Crippen molar-refractivity contribution < 1.29 is 27.6 Å². The fraction of sp³-hybridized carbons (Fsp3) is 0.364. The van der Waals surface area contributed by atoms with Gasteiger partial charge in [-0.2, -0.15) is 4.31 Å². The molecule has 8 nitrogen and oxygen atoms in total. The zero-order chi connectivity index (χ0) is 16.2. The average molecular weight is 320 g/mol. The predicted octanol–water partition coefficient (Wildman–Crippen LogP) is 1.22. The molecule has 0 fully saturated rings.